The maximum Gasteiger partial charge on any atom is 0.325 e. The van der Waals surface area contributed by atoms with E-state index in [1.807, 2.05) is 24.3 Å². The minimum atomic E-state index is -0.349. The van der Waals surface area contributed by atoms with Crippen LogP contribution in [0.1, 0.15) is 37.7 Å². The van der Waals surface area contributed by atoms with Gasteiger partial charge in [0.1, 0.15) is 25.0 Å². The fraction of sp³-hybridized carbons (Fsp3) is 0.556. The molecule has 0 unspecified atom stereocenters. The molecule has 0 aromatic heterocycles. The molecular formula is C18H23NO4. The van der Waals surface area contributed by atoms with Crippen LogP contribution in [-0.2, 0) is 20.7 Å². The van der Waals surface area contributed by atoms with Crippen molar-refractivity contribution in [1.82, 2.24) is 4.90 Å². The van der Waals surface area contributed by atoms with Crippen LogP contribution in [-0.4, -0.2) is 42.6 Å². The standard InChI is InChI=1S/C18H23NO4/c20-17-9-3-1-2-6-10-19(17)12-18(21)22-13-15-11-14-7-4-5-8-16(14)23-15/h4-5,7-8,15H,1-3,6,9-13H2/t15-/m1/s1. The maximum atomic E-state index is 12.0. The molecule has 1 aromatic carbocycles. The third kappa shape index (κ3) is 4.24. The number of para-hydroxylation sites is 1. The van der Waals surface area contributed by atoms with Crippen LogP contribution < -0.4 is 4.74 Å². The lowest BCUT2D eigenvalue weighted by Gasteiger charge is -2.24. The summed E-state index contributed by atoms with van der Waals surface area (Å²) >= 11 is 0. The van der Waals surface area contributed by atoms with Crippen molar-refractivity contribution in [3.05, 3.63) is 29.8 Å². The SMILES string of the molecule is O=C(CN1CCCCCCC1=O)OC[C@H]1Cc2ccccc2O1. The summed E-state index contributed by atoms with van der Waals surface area (Å²) in [5, 5.41) is 0. The fourth-order valence-corrected chi connectivity index (χ4v) is 3.12. The first kappa shape index (κ1) is 15.8. The average molecular weight is 317 g/mol. The highest BCUT2D eigenvalue weighted by Crippen LogP contribution is 2.28. The van der Waals surface area contributed by atoms with Crippen molar-refractivity contribution < 1.29 is 19.1 Å². The Kier molecular flexibility index (Phi) is 5.16. The molecule has 124 valence electrons. The number of nitrogens with zero attached hydrogens (tertiary/aromatic N) is 1. The second-order valence-electron chi connectivity index (χ2n) is 6.21. The topological polar surface area (TPSA) is 55.8 Å². The van der Waals surface area contributed by atoms with Gasteiger partial charge < -0.3 is 14.4 Å². The van der Waals surface area contributed by atoms with Gasteiger partial charge in [-0.25, -0.2) is 0 Å². The highest BCUT2D eigenvalue weighted by Gasteiger charge is 2.25. The van der Waals surface area contributed by atoms with Gasteiger partial charge in [0.05, 0.1) is 0 Å². The molecule has 0 bridgehead atoms. The predicted octanol–water partition coefficient (Wildman–Crippen LogP) is 2.33. The number of fused-ring (bicyclic) bond motifs is 1. The molecule has 0 aliphatic carbocycles. The number of hydrogen-bond donors (Lipinski definition) is 0. The Labute approximate surface area is 136 Å². The quantitative estimate of drug-likeness (QED) is 0.800. The first-order valence-corrected chi connectivity index (χ1v) is 8.40. The first-order valence-electron chi connectivity index (χ1n) is 8.40. The van der Waals surface area contributed by atoms with Gasteiger partial charge >= 0.3 is 5.97 Å². The Balaban J connectivity index is 1.44. The van der Waals surface area contributed by atoms with Gasteiger partial charge in [-0.3, -0.25) is 9.59 Å². The number of ether oxygens (including phenoxy) is 2. The Morgan fingerprint density at radius 3 is 2.91 bits per heavy atom. The molecule has 1 atom stereocenters. The van der Waals surface area contributed by atoms with Crippen LogP contribution in [0.4, 0.5) is 0 Å². The van der Waals surface area contributed by atoms with Gasteiger partial charge in [-0.2, -0.15) is 0 Å². The van der Waals surface area contributed by atoms with E-state index in [0.717, 1.165) is 43.4 Å². The Morgan fingerprint density at radius 2 is 2.04 bits per heavy atom. The van der Waals surface area contributed by atoms with Gasteiger partial charge in [0.25, 0.3) is 0 Å². The summed E-state index contributed by atoms with van der Waals surface area (Å²) in [5.74, 6) is 0.581. The van der Waals surface area contributed by atoms with Gasteiger partial charge in [0, 0.05) is 19.4 Å². The van der Waals surface area contributed by atoms with E-state index in [4.69, 9.17) is 9.47 Å². The van der Waals surface area contributed by atoms with Crippen LogP contribution in [0.3, 0.4) is 0 Å². The molecule has 2 aliphatic rings. The fourth-order valence-electron chi connectivity index (χ4n) is 3.12. The van der Waals surface area contributed by atoms with Crippen molar-refractivity contribution in [3.63, 3.8) is 0 Å². The summed E-state index contributed by atoms with van der Waals surface area (Å²) in [5.41, 5.74) is 1.15. The lowest BCUT2D eigenvalue weighted by Crippen LogP contribution is -2.38. The number of likely N-dealkylation sites (tertiary alicyclic amines) is 1. The zero-order valence-electron chi connectivity index (χ0n) is 13.3. The lowest BCUT2D eigenvalue weighted by atomic mass is 10.1. The van der Waals surface area contributed by atoms with Crippen molar-refractivity contribution in [2.24, 2.45) is 0 Å². The summed E-state index contributed by atoms with van der Waals surface area (Å²) < 4.78 is 11.1. The van der Waals surface area contributed by atoms with Gasteiger partial charge in [-0.05, 0) is 24.5 Å². The van der Waals surface area contributed by atoms with Crippen molar-refractivity contribution in [2.75, 3.05) is 19.7 Å². The number of rotatable bonds is 4. The van der Waals surface area contributed by atoms with Crippen LogP contribution in [0.5, 0.6) is 5.75 Å². The van der Waals surface area contributed by atoms with Crippen LogP contribution in [0, 0.1) is 0 Å². The molecule has 2 heterocycles. The molecule has 23 heavy (non-hydrogen) atoms. The normalized spacial score (nSPS) is 21.1. The number of esters is 1. The van der Waals surface area contributed by atoms with Gasteiger partial charge in [0.2, 0.25) is 5.91 Å². The number of hydrogen-bond acceptors (Lipinski definition) is 4. The third-order valence-electron chi connectivity index (χ3n) is 4.39. The van der Waals surface area contributed by atoms with Crippen molar-refractivity contribution in [3.8, 4) is 5.75 Å². The molecule has 1 aromatic rings. The van der Waals surface area contributed by atoms with E-state index in [-0.39, 0.29) is 31.1 Å². The summed E-state index contributed by atoms with van der Waals surface area (Å²) in [6, 6.07) is 7.86. The van der Waals surface area contributed by atoms with Crippen LogP contribution in [0.2, 0.25) is 0 Å². The molecule has 0 N–H and O–H groups in total. The van der Waals surface area contributed by atoms with Crippen LogP contribution in [0.15, 0.2) is 24.3 Å². The summed E-state index contributed by atoms with van der Waals surface area (Å²) in [6.45, 7) is 0.938. The molecule has 1 fully saturated rings. The largest absolute Gasteiger partial charge is 0.486 e. The first-order chi connectivity index (χ1) is 11.2. The Bertz CT molecular complexity index is 547. The predicted molar refractivity (Wildman–Crippen MR) is 85.2 cm³/mol. The molecule has 0 spiro atoms. The number of amides is 1. The lowest BCUT2D eigenvalue weighted by molar-refractivity contribution is -0.151. The Morgan fingerprint density at radius 1 is 1.22 bits per heavy atom. The van der Waals surface area contributed by atoms with E-state index in [2.05, 4.69) is 0 Å². The van der Waals surface area contributed by atoms with Crippen LogP contribution >= 0.6 is 0 Å². The molecule has 0 saturated carbocycles. The van der Waals surface area contributed by atoms with E-state index in [1.54, 1.807) is 4.90 Å². The number of carbonyl (C=O) groups is 2. The number of carbonyl (C=O) groups excluding carboxylic acids is 2. The monoisotopic (exact) mass is 317 g/mol. The van der Waals surface area contributed by atoms with Crippen molar-refractivity contribution in [2.45, 2.75) is 44.6 Å². The van der Waals surface area contributed by atoms with E-state index < -0.39 is 0 Å². The van der Waals surface area contributed by atoms with E-state index >= 15 is 0 Å². The smallest absolute Gasteiger partial charge is 0.325 e. The Hall–Kier alpha value is -2.04. The second kappa shape index (κ2) is 7.49. The number of benzene rings is 1. The van der Waals surface area contributed by atoms with E-state index in [0.29, 0.717) is 13.0 Å². The highest BCUT2D eigenvalue weighted by molar-refractivity contribution is 5.82. The minimum absolute atomic E-state index is 0.0541. The zero-order chi connectivity index (χ0) is 16.1. The molecule has 2 aliphatic heterocycles. The summed E-state index contributed by atoms with van der Waals surface area (Å²) in [7, 11) is 0. The minimum Gasteiger partial charge on any atom is -0.486 e. The van der Waals surface area contributed by atoms with Crippen LogP contribution in [0.25, 0.3) is 0 Å². The van der Waals surface area contributed by atoms with Gasteiger partial charge in [-0.15, -0.1) is 0 Å². The van der Waals surface area contributed by atoms with E-state index in [1.165, 1.54) is 0 Å². The molecule has 5 nitrogen and oxygen atoms in total. The average Bonchev–Trinajstić information content (AvgIpc) is 2.95. The second-order valence-corrected chi connectivity index (χ2v) is 6.21. The zero-order valence-corrected chi connectivity index (χ0v) is 13.3. The van der Waals surface area contributed by atoms with Crippen molar-refractivity contribution in [1.29, 1.82) is 0 Å². The van der Waals surface area contributed by atoms with Gasteiger partial charge in [-0.1, -0.05) is 31.0 Å². The molecule has 0 radical (unpaired) electrons. The third-order valence-corrected chi connectivity index (χ3v) is 4.39. The summed E-state index contributed by atoms with van der Waals surface area (Å²) in [4.78, 5) is 25.6. The molecule has 5 heteroatoms. The maximum absolute atomic E-state index is 12.0. The molecule has 1 saturated heterocycles. The molecule has 1 amide bonds. The summed E-state index contributed by atoms with van der Waals surface area (Å²) in [6.07, 6.45) is 5.26. The highest BCUT2D eigenvalue weighted by atomic mass is 16.6. The van der Waals surface area contributed by atoms with E-state index in [9.17, 15) is 9.59 Å². The molecular weight excluding hydrogens is 294 g/mol. The van der Waals surface area contributed by atoms with Gasteiger partial charge in [0.15, 0.2) is 0 Å². The van der Waals surface area contributed by atoms with Crippen molar-refractivity contribution >= 4 is 11.9 Å². The molecule has 3 rings (SSSR count).